The smallest absolute Gasteiger partial charge is 0.495 e. The lowest BCUT2D eigenvalue weighted by molar-refractivity contribution is -0.118. The number of hydrogen-bond acceptors (Lipinski definition) is 6. The van der Waals surface area contributed by atoms with E-state index in [1.165, 1.54) is 31.4 Å². The first-order chi connectivity index (χ1) is 13.1. The highest BCUT2D eigenvalue weighted by molar-refractivity contribution is 7.92. The molecule has 0 fully saturated rings. The van der Waals surface area contributed by atoms with E-state index in [2.05, 4.69) is 5.32 Å². The molecule has 0 aliphatic heterocycles. The van der Waals surface area contributed by atoms with Gasteiger partial charge in [0.15, 0.2) is 6.61 Å². The topological polar surface area (TPSA) is 105 Å². The van der Waals surface area contributed by atoms with Crippen LogP contribution in [0.5, 0.6) is 11.5 Å². The molecule has 0 aliphatic rings. The Labute approximate surface area is 158 Å². The van der Waals surface area contributed by atoms with Crippen molar-refractivity contribution in [3.05, 3.63) is 48.0 Å². The summed E-state index contributed by atoms with van der Waals surface area (Å²) in [6.45, 7) is -0.509. The van der Waals surface area contributed by atoms with E-state index in [-0.39, 0.29) is 17.2 Å². The van der Waals surface area contributed by atoms with Crippen molar-refractivity contribution in [2.45, 2.75) is 10.4 Å². The second-order valence-corrected chi connectivity index (χ2v) is 7.23. The summed E-state index contributed by atoms with van der Waals surface area (Å²) in [5.41, 5.74) is -5.35. The van der Waals surface area contributed by atoms with Gasteiger partial charge in [0.25, 0.3) is 15.7 Å². The van der Waals surface area contributed by atoms with Gasteiger partial charge in [-0.25, -0.2) is 8.42 Å². The summed E-state index contributed by atoms with van der Waals surface area (Å²) in [6, 6.07) is 10.2. The number of ether oxygens (including phenoxy) is 2. The quantitative estimate of drug-likeness (QED) is 0.779. The molecule has 0 atom stereocenters. The lowest BCUT2D eigenvalue weighted by Gasteiger charge is -2.14. The molecule has 0 saturated carbocycles. The molecule has 148 valence electrons. The van der Waals surface area contributed by atoms with Crippen molar-refractivity contribution < 1.29 is 35.9 Å². The van der Waals surface area contributed by atoms with Crippen molar-refractivity contribution in [2.75, 3.05) is 19.0 Å². The largest absolute Gasteiger partial charge is 0.501 e. The van der Waals surface area contributed by atoms with Gasteiger partial charge in [0.2, 0.25) is 0 Å². The van der Waals surface area contributed by atoms with Crippen LogP contribution < -0.4 is 14.8 Å². The molecule has 0 spiro atoms. The molecule has 0 aliphatic carbocycles. The predicted molar refractivity (Wildman–Crippen MR) is 91.5 cm³/mol. The van der Waals surface area contributed by atoms with Gasteiger partial charge >= 0.3 is 5.51 Å². The van der Waals surface area contributed by atoms with Crippen LogP contribution in [0.4, 0.5) is 18.9 Å². The number of alkyl halides is 3. The molecule has 0 saturated heterocycles. The zero-order valence-corrected chi connectivity index (χ0v) is 15.1. The number of nitrogens with zero attached hydrogens (tertiary/aromatic N) is 1. The Morgan fingerprint density at radius 2 is 1.82 bits per heavy atom. The molecule has 11 heteroatoms. The van der Waals surface area contributed by atoms with Crippen LogP contribution in [0, 0.1) is 11.3 Å². The van der Waals surface area contributed by atoms with E-state index in [9.17, 15) is 26.4 Å². The second kappa shape index (κ2) is 8.18. The second-order valence-electron chi connectivity index (χ2n) is 5.28. The molecular weight excluding hydrogens is 401 g/mol. The lowest BCUT2D eigenvalue weighted by Crippen LogP contribution is -2.24. The van der Waals surface area contributed by atoms with Gasteiger partial charge in [-0.2, -0.15) is 18.4 Å². The van der Waals surface area contributed by atoms with Gasteiger partial charge in [0.1, 0.15) is 11.5 Å². The molecule has 28 heavy (non-hydrogen) atoms. The number of nitriles is 1. The van der Waals surface area contributed by atoms with Gasteiger partial charge in [0, 0.05) is 0 Å². The third kappa shape index (κ3) is 4.72. The minimum atomic E-state index is -5.59. The summed E-state index contributed by atoms with van der Waals surface area (Å²) in [6.07, 6.45) is 0. The van der Waals surface area contributed by atoms with Crippen LogP contribution in [0.3, 0.4) is 0 Å². The Hall–Kier alpha value is -3.26. The van der Waals surface area contributed by atoms with E-state index in [4.69, 9.17) is 14.7 Å². The Kier molecular flexibility index (Phi) is 6.15. The number of sulfone groups is 1. The van der Waals surface area contributed by atoms with Crippen molar-refractivity contribution in [2.24, 2.45) is 0 Å². The van der Waals surface area contributed by atoms with Crippen LogP contribution in [0.15, 0.2) is 47.4 Å². The van der Waals surface area contributed by atoms with Gasteiger partial charge in [-0.1, -0.05) is 0 Å². The van der Waals surface area contributed by atoms with Crippen LogP contribution in [-0.2, 0) is 14.6 Å². The highest BCUT2D eigenvalue weighted by Gasteiger charge is 2.47. The van der Waals surface area contributed by atoms with Crippen LogP contribution in [0.2, 0.25) is 0 Å². The maximum absolute atomic E-state index is 12.7. The van der Waals surface area contributed by atoms with Crippen molar-refractivity contribution >= 4 is 21.4 Å². The summed E-state index contributed by atoms with van der Waals surface area (Å²) in [5.74, 6) is -0.508. The van der Waals surface area contributed by atoms with Crippen LogP contribution >= 0.6 is 0 Å². The minimum absolute atomic E-state index is 0.0344. The molecule has 2 aromatic rings. The molecule has 0 unspecified atom stereocenters. The Bertz CT molecular complexity index is 1010. The van der Waals surface area contributed by atoms with Crippen LogP contribution in [-0.4, -0.2) is 33.5 Å². The molecule has 0 radical (unpaired) electrons. The maximum atomic E-state index is 12.7. The number of benzene rings is 2. The number of anilines is 1. The molecule has 7 nitrogen and oxygen atoms in total. The van der Waals surface area contributed by atoms with Gasteiger partial charge in [-0.3, -0.25) is 4.79 Å². The third-order valence-electron chi connectivity index (χ3n) is 3.41. The average molecular weight is 414 g/mol. The SMILES string of the molecule is COc1ccc(S(=O)(=O)C(F)(F)F)cc1NC(=O)COc1ccc(C#N)cc1. The summed E-state index contributed by atoms with van der Waals surface area (Å²) >= 11 is 0. The van der Waals surface area contributed by atoms with Crippen molar-refractivity contribution in [1.29, 1.82) is 5.26 Å². The molecule has 0 bridgehead atoms. The van der Waals surface area contributed by atoms with E-state index in [0.717, 1.165) is 12.1 Å². The fourth-order valence-corrected chi connectivity index (χ4v) is 2.83. The van der Waals surface area contributed by atoms with Gasteiger partial charge in [-0.15, -0.1) is 0 Å². The van der Waals surface area contributed by atoms with Gasteiger partial charge < -0.3 is 14.8 Å². The fourth-order valence-electron chi connectivity index (χ4n) is 2.05. The molecule has 1 N–H and O–H groups in total. The first-order valence-corrected chi connectivity index (χ1v) is 8.99. The summed E-state index contributed by atoms with van der Waals surface area (Å²) in [4.78, 5) is 11.0. The van der Waals surface area contributed by atoms with Crippen molar-refractivity contribution in [1.82, 2.24) is 0 Å². The van der Waals surface area contributed by atoms with Crippen molar-refractivity contribution in [3.63, 3.8) is 0 Å². The Morgan fingerprint density at radius 1 is 1.18 bits per heavy atom. The zero-order valence-electron chi connectivity index (χ0n) is 14.3. The number of carbonyl (C=O) groups excluding carboxylic acids is 1. The number of methoxy groups -OCH3 is 1. The normalized spacial score (nSPS) is 11.4. The average Bonchev–Trinajstić information content (AvgIpc) is 2.65. The van der Waals surface area contributed by atoms with E-state index < -0.39 is 32.8 Å². The van der Waals surface area contributed by atoms with Crippen LogP contribution in [0.25, 0.3) is 0 Å². The molecular formula is C17H13F3N2O5S. The van der Waals surface area contributed by atoms with Gasteiger partial charge in [-0.05, 0) is 42.5 Å². The molecule has 0 heterocycles. The monoisotopic (exact) mass is 414 g/mol. The summed E-state index contributed by atoms with van der Waals surface area (Å²) < 4.78 is 71.3. The van der Waals surface area contributed by atoms with Crippen molar-refractivity contribution in [3.8, 4) is 17.6 Å². The fraction of sp³-hybridized carbons (Fsp3) is 0.176. The molecule has 2 aromatic carbocycles. The standard InChI is InChI=1S/C17H13F3N2O5S/c1-26-15-7-6-13(28(24,25)17(18,19)20)8-14(15)22-16(23)10-27-12-4-2-11(9-21)3-5-12/h2-8H,10H2,1H3,(H,22,23). The number of hydrogen-bond donors (Lipinski definition) is 1. The first-order valence-electron chi connectivity index (χ1n) is 7.50. The molecule has 2 rings (SSSR count). The van der Waals surface area contributed by atoms with Gasteiger partial charge in [0.05, 0.1) is 29.3 Å². The number of nitrogens with one attached hydrogen (secondary N) is 1. The lowest BCUT2D eigenvalue weighted by atomic mass is 10.2. The minimum Gasteiger partial charge on any atom is -0.495 e. The Morgan fingerprint density at radius 3 is 2.36 bits per heavy atom. The number of amides is 1. The number of halogens is 3. The summed E-state index contributed by atoms with van der Waals surface area (Å²) in [5, 5.41) is 11.0. The first kappa shape index (κ1) is 21.0. The summed E-state index contributed by atoms with van der Waals surface area (Å²) in [7, 11) is -4.38. The highest BCUT2D eigenvalue weighted by Crippen LogP contribution is 2.34. The number of rotatable bonds is 6. The van der Waals surface area contributed by atoms with E-state index >= 15 is 0 Å². The zero-order chi connectivity index (χ0) is 20.9. The molecule has 0 aromatic heterocycles. The predicted octanol–water partition coefficient (Wildman–Crippen LogP) is 2.88. The molecule has 1 amide bonds. The maximum Gasteiger partial charge on any atom is 0.501 e. The van der Waals surface area contributed by atoms with E-state index in [1.807, 2.05) is 6.07 Å². The van der Waals surface area contributed by atoms with E-state index in [0.29, 0.717) is 11.6 Å². The Balaban J connectivity index is 2.16. The number of carbonyl (C=O) groups is 1. The highest BCUT2D eigenvalue weighted by atomic mass is 32.2. The van der Waals surface area contributed by atoms with Crippen LogP contribution in [0.1, 0.15) is 5.56 Å². The third-order valence-corrected chi connectivity index (χ3v) is 4.90. The van der Waals surface area contributed by atoms with E-state index in [1.54, 1.807) is 0 Å².